The predicted octanol–water partition coefficient (Wildman–Crippen LogP) is 3.57. The van der Waals surface area contributed by atoms with E-state index in [2.05, 4.69) is 55.4 Å². The Labute approximate surface area is 117 Å². The Morgan fingerprint density at radius 2 is 2.00 bits per heavy atom. The molecule has 0 aromatic heterocycles. The molecule has 1 spiro atoms. The van der Waals surface area contributed by atoms with Gasteiger partial charge in [0.2, 0.25) is 0 Å². The summed E-state index contributed by atoms with van der Waals surface area (Å²) in [7, 11) is 0. The van der Waals surface area contributed by atoms with Crippen LogP contribution in [0.25, 0.3) is 0 Å². The summed E-state index contributed by atoms with van der Waals surface area (Å²) in [5.41, 5.74) is 1.05. The largest absolute Gasteiger partial charge is 0.363 e. The van der Waals surface area contributed by atoms with Gasteiger partial charge in [-0.05, 0) is 47.3 Å². The van der Waals surface area contributed by atoms with E-state index in [0.717, 1.165) is 12.8 Å². The predicted molar refractivity (Wildman–Crippen MR) is 73.5 cm³/mol. The van der Waals surface area contributed by atoms with Crippen molar-refractivity contribution in [2.45, 2.75) is 55.9 Å². The van der Waals surface area contributed by atoms with Crippen molar-refractivity contribution in [2.24, 2.45) is 10.8 Å². The summed E-state index contributed by atoms with van der Waals surface area (Å²) < 4.78 is 12.4. The van der Waals surface area contributed by atoms with Crippen LogP contribution < -0.4 is 0 Å². The van der Waals surface area contributed by atoms with Crippen molar-refractivity contribution in [3.8, 4) is 0 Å². The molecule has 0 aromatic carbocycles. The molecule has 3 bridgehead atoms. The van der Waals surface area contributed by atoms with E-state index in [4.69, 9.17) is 9.47 Å². The van der Waals surface area contributed by atoms with Gasteiger partial charge in [0.15, 0.2) is 0 Å². The standard InChI is InChI=1S/C15H19BrO2/c1-9-7-11-14-8-10(9)17-13(14,4)5-6-15(16,18-11)12(14,2)3/h5-6,10-11H,1,7-8H2,2-4H3/t10-,11?,13-,14+,15+/m1/s1. The van der Waals surface area contributed by atoms with Crippen LogP contribution in [0.2, 0.25) is 0 Å². The third-order valence-corrected chi connectivity index (χ3v) is 7.57. The molecule has 18 heavy (non-hydrogen) atoms. The second-order valence-corrected chi connectivity index (χ2v) is 8.14. The summed E-state index contributed by atoms with van der Waals surface area (Å²) in [6.07, 6.45) is 6.74. The molecule has 2 nitrogen and oxygen atoms in total. The zero-order chi connectivity index (χ0) is 13.0. The summed E-state index contributed by atoms with van der Waals surface area (Å²) in [6, 6.07) is 0. The van der Waals surface area contributed by atoms with Gasteiger partial charge in [0, 0.05) is 10.8 Å². The zero-order valence-electron chi connectivity index (χ0n) is 11.1. The fraction of sp³-hybridized carbons (Fsp3) is 0.733. The van der Waals surface area contributed by atoms with Crippen LogP contribution in [0.15, 0.2) is 24.3 Å². The second-order valence-electron chi connectivity index (χ2n) is 6.96. The molecular weight excluding hydrogens is 292 g/mol. The molecule has 4 aliphatic rings. The molecule has 2 aliphatic heterocycles. The lowest BCUT2D eigenvalue weighted by atomic mass is 9.49. The highest BCUT2D eigenvalue weighted by molar-refractivity contribution is 9.10. The molecule has 4 rings (SSSR count). The van der Waals surface area contributed by atoms with Gasteiger partial charge >= 0.3 is 0 Å². The molecular formula is C15H19BrO2. The van der Waals surface area contributed by atoms with E-state index in [0.29, 0.717) is 0 Å². The number of hydrogen-bond donors (Lipinski definition) is 0. The Balaban J connectivity index is 2.03. The topological polar surface area (TPSA) is 18.5 Å². The van der Waals surface area contributed by atoms with Crippen LogP contribution >= 0.6 is 15.9 Å². The highest BCUT2D eigenvalue weighted by atomic mass is 79.9. The van der Waals surface area contributed by atoms with Crippen LogP contribution in [-0.2, 0) is 9.47 Å². The number of alkyl halides is 1. The summed E-state index contributed by atoms with van der Waals surface area (Å²) in [5.74, 6) is 0. The van der Waals surface area contributed by atoms with Gasteiger partial charge in [-0.25, -0.2) is 0 Å². The summed E-state index contributed by atoms with van der Waals surface area (Å²) in [4.78, 5) is 0. The highest BCUT2D eigenvalue weighted by Crippen LogP contribution is 2.75. The fourth-order valence-corrected chi connectivity index (χ4v) is 5.65. The molecule has 1 unspecified atom stereocenters. The van der Waals surface area contributed by atoms with Crippen LogP contribution in [0, 0.1) is 10.8 Å². The van der Waals surface area contributed by atoms with Crippen molar-refractivity contribution in [1.29, 1.82) is 0 Å². The molecule has 3 fully saturated rings. The van der Waals surface area contributed by atoms with Gasteiger partial charge in [0.05, 0.1) is 17.8 Å². The van der Waals surface area contributed by atoms with Crippen molar-refractivity contribution in [3.63, 3.8) is 0 Å². The van der Waals surface area contributed by atoms with E-state index in [-0.39, 0.29) is 33.1 Å². The van der Waals surface area contributed by atoms with Crippen molar-refractivity contribution in [1.82, 2.24) is 0 Å². The van der Waals surface area contributed by atoms with E-state index >= 15 is 0 Å². The second kappa shape index (κ2) is 2.82. The van der Waals surface area contributed by atoms with E-state index in [9.17, 15) is 0 Å². The van der Waals surface area contributed by atoms with E-state index < -0.39 is 0 Å². The monoisotopic (exact) mass is 310 g/mol. The fourth-order valence-electron chi connectivity index (χ4n) is 4.94. The van der Waals surface area contributed by atoms with Crippen LogP contribution in [0.5, 0.6) is 0 Å². The van der Waals surface area contributed by atoms with E-state index in [1.54, 1.807) is 0 Å². The van der Waals surface area contributed by atoms with E-state index in [1.165, 1.54) is 5.57 Å². The third-order valence-electron chi connectivity index (χ3n) is 6.13. The van der Waals surface area contributed by atoms with Gasteiger partial charge in [-0.3, -0.25) is 0 Å². The lowest BCUT2D eigenvalue weighted by Gasteiger charge is -2.53. The van der Waals surface area contributed by atoms with Gasteiger partial charge in [0.25, 0.3) is 0 Å². The molecule has 5 atom stereocenters. The SMILES string of the molecule is C=C1CC2O[C@@]3(Br)C=C[C@@]4(C)O[C@@H]1C[C@@]24C3(C)C. The zero-order valence-corrected chi connectivity index (χ0v) is 12.7. The normalized spacial score (nSPS) is 59.2. The molecule has 0 N–H and O–H groups in total. The van der Waals surface area contributed by atoms with Gasteiger partial charge in [-0.15, -0.1) is 0 Å². The quantitative estimate of drug-likeness (QED) is 0.503. The number of hydrogen-bond acceptors (Lipinski definition) is 2. The molecule has 2 aliphatic carbocycles. The minimum Gasteiger partial charge on any atom is -0.363 e. The van der Waals surface area contributed by atoms with Crippen molar-refractivity contribution >= 4 is 15.9 Å². The lowest BCUT2D eigenvalue weighted by Crippen LogP contribution is -2.58. The minimum atomic E-state index is -0.354. The van der Waals surface area contributed by atoms with Crippen molar-refractivity contribution in [2.75, 3.05) is 0 Å². The summed E-state index contributed by atoms with van der Waals surface area (Å²) >= 11 is 3.84. The van der Waals surface area contributed by atoms with Gasteiger partial charge in [-0.2, -0.15) is 0 Å². The first-order chi connectivity index (χ1) is 8.26. The van der Waals surface area contributed by atoms with Crippen molar-refractivity contribution in [3.05, 3.63) is 24.3 Å². The Morgan fingerprint density at radius 3 is 2.72 bits per heavy atom. The maximum Gasteiger partial charge on any atom is 0.147 e. The molecule has 0 amide bonds. The lowest BCUT2D eigenvalue weighted by molar-refractivity contribution is -0.0729. The first kappa shape index (κ1) is 11.7. The minimum absolute atomic E-state index is 0.0175. The number of fused-ring (bicyclic) bond motifs is 2. The average molecular weight is 311 g/mol. The first-order valence-corrected chi connectivity index (χ1v) is 7.48. The van der Waals surface area contributed by atoms with Gasteiger partial charge in [0.1, 0.15) is 4.51 Å². The Morgan fingerprint density at radius 1 is 1.28 bits per heavy atom. The number of ether oxygens (including phenoxy) is 2. The van der Waals surface area contributed by atoms with Crippen LogP contribution in [0.1, 0.15) is 33.6 Å². The maximum atomic E-state index is 6.40. The molecule has 3 heteroatoms. The van der Waals surface area contributed by atoms with Crippen LogP contribution in [0.4, 0.5) is 0 Å². The summed E-state index contributed by atoms with van der Waals surface area (Å²) in [6.45, 7) is 11.0. The smallest absolute Gasteiger partial charge is 0.147 e. The van der Waals surface area contributed by atoms with Crippen LogP contribution in [-0.4, -0.2) is 22.3 Å². The van der Waals surface area contributed by atoms with E-state index in [1.807, 2.05) is 0 Å². The highest BCUT2D eigenvalue weighted by Gasteiger charge is 2.79. The molecule has 2 heterocycles. The first-order valence-electron chi connectivity index (χ1n) is 6.68. The molecule has 98 valence electrons. The number of rotatable bonds is 0. The Bertz CT molecular complexity index is 497. The Kier molecular flexibility index (Phi) is 1.83. The van der Waals surface area contributed by atoms with Gasteiger partial charge in [-0.1, -0.05) is 26.5 Å². The van der Waals surface area contributed by atoms with Gasteiger partial charge < -0.3 is 9.47 Å². The van der Waals surface area contributed by atoms with Crippen molar-refractivity contribution < 1.29 is 9.47 Å². The summed E-state index contributed by atoms with van der Waals surface area (Å²) in [5, 5.41) is 0. The molecule has 0 aromatic rings. The molecule has 0 radical (unpaired) electrons. The number of halogens is 1. The third kappa shape index (κ3) is 0.889. The molecule has 1 saturated carbocycles. The molecule has 2 saturated heterocycles. The Hall–Kier alpha value is -0.120. The van der Waals surface area contributed by atoms with Crippen LogP contribution in [0.3, 0.4) is 0 Å². The average Bonchev–Trinajstić information content (AvgIpc) is 2.61. The maximum absolute atomic E-state index is 6.40.